The van der Waals surface area contributed by atoms with E-state index in [1.165, 1.54) is 5.56 Å². The molecule has 1 N–H and O–H groups in total. The van der Waals surface area contributed by atoms with E-state index in [0.29, 0.717) is 6.04 Å². The lowest BCUT2D eigenvalue weighted by Gasteiger charge is -2.39. The molecule has 118 valence electrons. The smallest absolute Gasteiger partial charge is 0.0896 e. The highest BCUT2D eigenvalue weighted by molar-refractivity contribution is 5.21. The van der Waals surface area contributed by atoms with Crippen LogP contribution < -0.4 is 5.32 Å². The number of morpholine rings is 1. The normalized spacial score (nSPS) is 22.8. The van der Waals surface area contributed by atoms with Gasteiger partial charge in [-0.15, -0.1) is 0 Å². The molecule has 5 heteroatoms. The molecule has 0 aliphatic carbocycles. The molecule has 22 heavy (non-hydrogen) atoms. The maximum Gasteiger partial charge on any atom is 0.0896 e. The van der Waals surface area contributed by atoms with E-state index in [0.717, 1.165) is 31.9 Å². The number of ether oxygens (including phenoxy) is 1. The average molecular weight is 300 g/mol. The zero-order valence-electron chi connectivity index (χ0n) is 13.3. The molecule has 1 fully saturated rings. The van der Waals surface area contributed by atoms with Gasteiger partial charge in [-0.3, -0.25) is 9.58 Å². The molecule has 1 aromatic heterocycles. The second kappa shape index (κ2) is 7.05. The minimum absolute atomic E-state index is 0.157. The van der Waals surface area contributed by atoms with Gasteiger partial charge in [0, 0.05) is 32.9 Å². The second-order valence-electron chi connectivity index (χ2n) is 5.86. The summed E-state index contributed by atoms with van der Waals surface area (Å²) >= 11 is 0. The van der Waals surface area contributed by atoms with Crippen molar-refractivity contribution in [2.24, 2.45) is 7.05 Å². The standard InChI is InChI=1S/C17H24N4O/c1-20-10-11-22-16(17(20)14-6-4-3-5-7-14)13-18-12-15-8-9-21(2)19-15/h3-9,16-18H,10-13H2,1-2H3/t16-,17-/m0/s1. The lowest BCUT2D eigenvalue weighted by molar-refractivity contribution is -0.0615. The van der Waals surface area contributed by atoms with Crippen LogP contribution in [0, 0.1) is 0 Å². The van der Waals surface area contributed by atoms with Gasteiger partial charge >= 0.3 is 0 Å². The number of nitrogens with zero attached hydrogens (tertiary/aromatic N) is 3. The SMILES string of the molecule is CN1CCO[C@@H](CNCc2ccn(C)n2)[C@@H]1c1ccccc1. The van der Waals surface area contributed by atoms with Crippen LogP contribution in [0.15, 0.2) is 42.6 Å². The Hall–Kier alpha value is -1.69. The Morgan fingerprint density at radius 3 is 2.77 bits per heavy atom. The fourth-order valence-corrected chi connectivity index (χ4v) is 3.05. The van der Waals surface area contributed by atoms with Crippen LogP contribution in [-0.4, -0.2) is 47.5 Å². The van der Waals surface area contributed by atoms with Gasteiger partial charge in [0.25, 0.3) is 0 Å². The molecule has 0 bridgehead atoms. The largest absolute Gasteiger partial charge is 0.374 e. The van der Waals surface area contributed by atoms with E-state index in [1.54, 1.807) is 0 Å². The summed E-state index contributed by atoms with van der Waals surface area (Å²) in [6, 6.07) is 12.9. The minimum atomic E-state index is 0.157. The van der Waals surface area contributed by atoms with Crippen LogP contribution >= 0.6 is 0 Å². The summed E-state index contributed by atoms with van der Waals surface area (Å²) in [6.45, 7) is 3.35. The van der Waals surface area contributed by atoms with Crippen molar-refractivity contribution in [3.8, 4) is 0 Å². The Balaban J connectivity index is 1.62. The van der Waals surface area contributed by atoms with Crippen LogP contribution in [0.25, 0.3) is 0 Å². The maximum atomic E-state index is 6.03. The van der Waals surface area contributed by atoms with E-state index in [1.807, 2.05) is 24.0 Å². The van der Waals surface area contributed by atoms with Crippen LogP contribution in [0.1, 0.15) is 17.3 Å². The van der Waals surface area contributed by atoms with Crippen LogP contribution in [0.4, 0.5) is 0 Å². The van der Waals surface area contributed by atoms with Crippen molar-refractivity contribution < 1.29 is 4.74 Å². The Labute approximate surface area is 131 Å². The number of likely N-dealkylation sites (N-methyl/N-ethyl adjacent to an activating group) is 1. The van der Waals surface area contributed by atoms with Gasteiger partial charge in [-0.2, -0.15) is 5.10 Å². The molecule has 0 saturated carbocycles. The van der Waals surface area contributed by atoms with Crippen molar-refractivity contribution in [2.45, 2.75) is 18.7 Å². The summed E-state index contributed by atoms with van der Waals surface area (Å²) in [7, 11) is 4.11. The topological polar surface area (TPSA) is 42.3 Å². The molecule has 0 spiro atoms. The number of hydrogen-bond acceptors (Lipinski definition) is 4. The summed E-state index contributed by atoms with van der Waals surface area (Å²) < 4.78 is 7.86. The number of nitrogens with one attached hydrogen (secondary N) is 1. The van der Waals surface area contributed by atoms with E-state index in [9.17, 15) is 0 Å². The molecule has 1 aliphatic rings. The van der Waals surface area contributed by atoms with E-state index in [2.05, 4.69) is 52.7 Å². The Morgan fingerprint density at radius 2 is 2.05 bits per heavy atom. The average Bonchev–Trinajstić information content (AvgIpc) is 2.94. The van der Waals surface area contributed by atoms with E-state index < -0.39 is 0 Å². The van der Waals surface area contributed by atoms with Crippen molar-refractivity contribution >= 4 is 0 Å². The second-order valence-corrected chi connectivity index (χ2v) is 5.86. The molecule has 5 nitrogen and oxygen atoms in total. The van der Waals surface area contributed by atoms with E-state index in [4.69, 9.17) is 4.74 Å². The first-order valence-corrected chi connectivity index (χ1v) is 7.80. The molecule has 0 unspecified atom stereocenters. The number of hydrogen-bond donors (Lipinski definition) is 1. The van der Waals surface area contributed by atoms with Gasteiger partial charge in [0.1, 0.15) is 0 Å². The van der Waals surface area contributed by atoms with Gasteiger partial charge in [-0.05, 0) is 18.7 Å². The van der Waals surface area contributed by atoms with Gasteiger partial charge in [0.2, 0.25) is 0 Å². The van der Waals surface area contributed by atoms with E-state index >= 15 is 0 Å². The number of aromatic nitrogens is 2. The first kappa shape index (κ1) is 15.2. The highest BCUT2D eigenvalue weighted by Gasteiger charge is 2.30. The third-order valence-corrected chi connectivity index (χ3v) is 4.16. The third-order valence-electron chi connectivity index (χ3n) is 4.16. The molecule has 1 saturated heterocycles. The van der Waals surface area contributed by atoms with Crippen LogP contribution in [0.5, 0.6) is 0 Å². The highest BCUT2D eigenvalue weighted by atomic mass is 16.5. The minimum Gasteiger partial charge on any atom is -0.374 e. The first-order valence-electron chi connectivity index (χ1n) is 7.80. The molecule has 2 heterocycles. The maximum absolute atomic E-state index is 6.03. The molecule has 1 aliphatic heterocycles. The van der Waals surface area contributed by atoms with Gasteiger partial charge < -0.3 is 10.1 Å². The predicted molar refractivity (Wildman–Crippen MR) is 86.5 cm³/mol. The van der Waals surface area contributed by atoms with Crippen molar-refractivity contribution in [1.82, 2.24) is 20.0 Å². The fourth-order valence-electron chi connectivity index (χ4n) is 3.05. The molecule has 1 aromatic carbocycles. The van der Waals surface area contributed by atoms with Crippen molar-refractivity contribution in [2.75, 3.05) is 26.7 Å². The van der Waals surface area contributed by atoms with Gasteiger partial charge in [0.15, 0.2) is 0 Å². The molecular formula is C17H24N4O. The van der Waals surface area contributed by atoms with E-state index in [-0.39, 0.29) is 6.10 Å². The Morgan fingerprint density at radius 1 is 1.23 bits per heavy atom. The van der Waals surface area contributed by atoms with Crippen molar-refractivity contribution in [3.05, 3.63) is 53.9 Å². The highest BCUT2D eigenvalue weighted by Crippen LogP contribution is 2.27. The predicted octanol–water partition coefficient (Wildman–Crippen LogP) is 1.58. The lowest BCUT2D eigenvalue weighted by atomic mass is 9.98. The number of aryl methyl sites for hydroxylation is 1. The molecule has 2 atom stereocenters. The lowest BCUT2D eigenvalue weighted by Crippen LogP contribution is -2.47. The van der Waals surface area contributed by atoms with Crippen molar-refractivity contribution in [3.63, 3.8) is 0 Å². The number of rotatable bonds is 5. The zero-order valence-corrected chi connectivity index (χ0v) is 13.3. The summed E-state index contributed by atoms with van der Waals surface area (Å²) in [4.78, 5) is 2.38. The first-order chi connectivity index (χ1) is 10.7. The van der Waals surface area contributed by atoms with Gasteiger partial charge in [-0.1, -0.05) is 30.3 Å². The Bertz CT molecular complexity index is 583. The fraction of sp³-hybridized carbons (Fsp3) is 0.471. The van der Waals surface area contributed by atoms with Crippen LogP contribution in [-0.2, 0) is 18.3 Å². The molecular weight excluding hydrogens is 276 g/mol. The van der Waals surface area contributed by atoms with Gasteiger partial charge in [0.05, 0.1) is 24.4 Å². The quantitative estimate of drug-likeness (QED) is 0.910. The summed E-state index contributed by atoms with van der Waals surface area (Å²) in [6.07, 6.45) is 2.12. The summed E-state index contributed by atoms with van der Waals surface area (Å²) in [5.74, 6) is 0. The summed E-state index contributed by atoms with van der Waals surface area (Å²) in [5, 5.41) is 7.87. The molecule has 0 amide bonds. The zero-order chi connectivity index (χ0) is 15.4. The monoisotopic (exact) mass is 300 g/mol. The van der Waals surface area contributed by atoms with Crippen LogP contribution in [0.3, 0.4) is 0 Å². The Kier molecular flexibility index (Phi) is 4.87. The van der Waals surface area contributed by atoms with Crippen molar-refractivity contribution in [1.29, 1.82) is 0 Å². The molecule has 3 rings (SSSR count). The van der Waals surface area contributed by atoms with Gasteiger partial charge in [-0.25, -0.2) is 0 Å². The molecule has 2 aromatic rings. The number of benzene rings is 1. The summed E-state index contributed by atoms with van der Waals surface area (Å²) in [5.41, 5.74) is 2.37. The van der Waals surface area contributed by atoms with Crippen LogP contribution in [0.2, 0.25) is 0 Å². The molecule has 0 radical (unpaired) electrons. The third kappa shape index (κ3) is 3.55.